The molecule has 26 heavy (non-hydrogen) atoms. The van der Waals surface area contributed by atoms with Crippen LogP contribution >= 0.6 is 11.6 Å². The first-order valence-electron chi connectivity index (χ1n) is 7.18. The van der Waals surface area contributed by atoms with Gasteiger partial charge in [-0.3, -0.25) is 4.79 Å². The Balaban J connectivity index is 1.98. The van der Waals surface area contributed by atoms with E-state index in [0.29, 0.717) is 4.31 Å². The highest BCUT2D eigenvalue weighted by Crippen LogP contribution is 2.30. The van der Waals surface area contributed by atoms with Crippen LogP contribution < -0.4 is 9.80 Å². The largest absolute Gasteiger partial charge is 0.347 e. The third-order valence-electron chi connectivity index (χ3n) is 3.53. The van der Waals surface area contributed by atoms with Gasteiger partial charge >= 0.3 is 0 Å². The molecule has 0 fully saturated rings. The molecule has 1 aliphatic rings. The average Bonchev–Trinajstić information content (AvgIpc) is 2.79. The molecule has 1 aliphatic heterocycles. The number of amides is 1. The van der Waals surface area contributed by atoms with Crippen molar-refractivity contribution in [2.45, 2.75) is 4.90 Å². The molecule has 0 radical (unpaired) electrons. The van der Waals surface area contributed by atoms with Gasteiger partial charge in [0, 0.05) is 14.1 Å². The average molecular weight is 394 g/mol. The van der Waals surface area contributed by atoms with Crippen molar-refractivity contribution >= 4 is 39.4 Å². The van der Waals surface area contributed by atoms with Gasteiger partial charge in [0.05, 0.1) is 5.56 Å². The smallest absolute Gasteiger partial charge is 0.270 e. The van der Waals surface area contributed by atoms with Gasteiger partial charge in [-0.05, 0) is 23.7 Å². The summed E-state index contributed by atoms with van der Waals surface area (Å²) in [6.07, 6.45) is 1.77. The van der Waals surface area contributed by atoms with Crippen LogP contribution in [0.4, 0.5) is 11.9 Å². The van der Waals surface area contributed by atoms with E-state index in [1.165, 1.54) is 18.2 Å². The monoisotopic (exact) mass is 393 g/mol. The van der Waals surface area contributed by atoms with Gasteiger partial charge in [0.15, 0.2) is 6.19 Å². The molecule has 0 atom stereocenters. The standard InChI is InChI=1S/C14H12ClN7O3S/c1-20(2)13-17-12(15)18-14(19-13)21(7-16)8-22-11(23)9-5-3-4-6-10(9)26(22,24)25/h3-6H,8H2,1-2H3. The van der Waals surface area contributed by atoms with Crippen molar-refractivity contribution in [2.24, 2.45) is 0 Å². The number of halogens is 1. The molecule has 1 amide bonds. The Hall–Kier alpha value is -2.97. The van der Waals surface area contributed by atoms with Crippen molar-refractivity contribution in [2.75, 3.05) is 30.6 Å². The lowest BCUT2D eigenvalue weighted by Gasteiger charge is -2.21. The predicted molar refractivity (Wildman–Crippen MR) is 91.9 cm³/mol. The van der Waals surface area contributed by atoms with Crippen molar-refractivity contribution in [3.63, 3.8) is 0 Å². The molecule has 3 rings (SSSR count). The van der Waals surface area contributed by atoms with Crippen LogP contribution in [0.5, 0.6) is 0 Å². The van der Waals surface area contributed by atoms with Gasteiger partial charge in [0.1, 0.15) is 11.6 Å². The molecule has 1 aromatic carbocycles. The van der Waals surface area contributed by atoms with Gasteiger partial charge in [-0.1, -0.05) is 12.1 Å². The number of hydrogen-bond donors (Lipinski definition) is 0. The minimum atomic E-state index is -4.07. The van der Waals surface area contributed by atoms with E-state index in [1.807, 2.05) is 0 Å². The summed E-state index contributed by atoms with van der Waals surface area (Å²) in [5.41, 5.74) is 0.0491. The van der Waals surface area contributed by atoms with Gasteiger partial charge in [0.2, 0.25) is 17.2 Å². The van der Waals surface area contributed by atoms with Crippen molar-refractivity contribution in [1.29, 1.82) is 5.26 Å². The van der Waals surface area contributed by atoms with E-state index in [1.54, 1.807) is 31.3 Å². The number of benzene rings is 1. The SMILES string of the molecule is CN(C)c1nc(Cl)nc(N(C#N)CN2C(=O)c3ccccc3S2(=O)=O)n1. The van der Waals surface area contributed by atoms with Gasteiger partial charge in [-0.15, -0.1) is 0 Å². The fraction of sp³-hybridized carbons (Fsp3) is 0.214. The maximum absolute atomic E-state index is 12.6. The van der Waals surface area contributed by atoms with Crippen LogP contribution in [0.25, 0.3) is 0 Å². The maximum atomic E-state index is 12.6. The zero-order valence-electron chi connectivity index (χ0n) is 13.7. The quantitative estimate of drug-likeness (QED) is 0.544. The van der Waals surface area contributed by atoms with E-state index >= 15 is 0 Å². The summed E-state index contributed by atoms with van der Waals surface area (Å²) in [5, 5.41) is 9.25. The number of fused-ring (bicyclic) bond motifs is 1. The molecule has 0 N–H and O–H groups in total. The minimum absolute atomic E-state index is 0.0491. The number of nitrogens with zero attached hydrogens (tertiary/aromatic N) is 7. The number of rotatable bonds is 4. The Morgan fingerprint density at radius 3 is 2.46 bits per heavy atom. The first-order valence-corrected chi connectivity index (χ1v) is 9.00. The Bertz CT molecular complexity index is 1040. The first kappa shape index (κ1) is 17.8. The lowest BCUT2D eigenvalue weighted by molar-refractivity contribution is 0.0873. The highest BCUT2D eigenvalue weighted by molar-refractivity contribution is 7.90. The fourth-order valence-electron chi connectivity index (χ4n) is 2.29. The topological polar surface area (TPSA) is 123 Å². The van der Waals surface area contributed by atoms with Crippen LogP contribution in [0, 0.1) is 11.5 Å². The van der Waals surface area contributed by atoms with E-state index in [4.69, 9.17) is 11.6 Å². The van der Waals surface area contributed by atoms with Crippen LogP contribution in [0.15, 0.2) is 29.2 Å². The third-order valence-corrected chi connectivity index (χ3v) is 5.47. The van der Waals surface area contributed by atoms with Gasteiger partial charge < -0.3 is 4.90 Å². The highest BCUT2D eigenvalue weighted by Gasteiger charge is 2.42. The van der Waals surface area contributed by atoms with Crippen LogP contribution in [0.2, 0.25) is 5.28 Å². The summed E-state index contributed by atoms with van der Waals surface area (Å²) < 4.78 is 25.8. The molecule has 10 nitrogen and oxygen atoms in total. The van der Waals surface area contributed by atoms with Crippen LogP contribution in [-0.4, -0.2) is 54.3 Å². The maximum Gasteiger partial charge on any atom is 0.270 e. The number of aromatic nitrogens is 3. The molecular formula is C14H12ClN7O3S. The predicted octanol–water partition coefficient (Wildman–Crippen LogP) is 0.681. The second-order valence-electron chi connectivity index (χ2n) is 5.42. The summed E-state index contributed by atoms with van der Waals surface area (Å²) in [5.74, 6) is -0.719. The molecule has 1 aromatic heterocycles. The number of anilines is 2. The number of carbonyl (C=O) groups is 1. The Morgan fingerprint density at radius 2 is 1.85 bits per heavy atom. The summed E-state index contributed by atoms with van der Waals surface area (Å²) in [6.45, 7) is -0.584. The van der Waals surface area contributed by atoms with Crippen molar-refractivity contribution in [3.8, 4) is 6.19 Å². The molecule has 0 bridgehead atoms. The molecule has 0 saturated heterocycles. The summed E-state index contributed by atoms with van der Waals surface area (Å²) in [7, 11) is -0.741. The molecule has 2 heterocycles. The molecule has 0 unspecified atom stereocenters. The highest BCUT2D eigenvalue weighted by atomic mass is 35.5. The van der Waals surface area contributed by atoms with E-state index < -0.39 is 22.6 Å². The summed E-state index contributed by atoms with van der Waals surface area (Å²) in [6, 6.07) is 5.83. The van der Waals surface area contributed by atoms with E-state index in [0.717, 1.165) is 4.90 Å². The van der Waals surface area contributed by atoms with Crippen LogP contribution in [0.3, 0.4) is 0 Å². The second kappa shape index (κ2) is 6.40. The number of carbonyl (C=O) groups excluding carboxylic acids is 1. The zero-order chi connectivity index (χ0) is 19.1. The van der Waals surface area contributed by atoms with E-state index in [2.05, 4.69) is 15.0 Å². The van der Waals surface area contributed by atoms with Crippen molar-refractivity contribution < 1.29 is 13.2 Å². The van der Waals surface area contributed by atoms with Crippen LogP contribution in [-0.2, 0) is 10.0 Å². The lowest BCUT2D eigenvalue weighted by atomic mass is 10.2. The van der Waals surface area contributed by atoms with E-state index in [9.17, 15) is 18.5 Å². The molecule has 12 heteroatoms. The molecule has 0 saturated carbocycles. The second-order valence-corrected chi connectivity index (χ2v) is 7.59. The van der Waals surface area contributed by atoms with Gasteiger partial charge in [-0.25, -0.2) is 17.6 Å². The lowest BCUT2D eigenvalue weighted by Crippen LogP contribution is -2.40. The molecular weight excluding hydrogens is 382 g/mol. The number of hydrogen-bond acceptors (Lipinski definition) is 9. The first-order chi connectivity index (χ1) is 12.3. The Labute approximate surface area is 154 Å². The molecule has 0 aliphatic carbocycles. The summed E-state index contributed by atoms with van der Waals surface area (Å²) in [4.78, 5) is 26.5. The zero-order valence-corrected chi connectivity index (χ0v) is 15.2. The third kappa shape index (κ3) is 2.89. The van der Waals surface area contributed by atoms with Crippen molar-refractivity contribution in [1.82, 2.24) is 19.3 Å². The van der Waals surface area contributed by atoms with Crippen LogP contribution in [0.1, 0.15) is 10.4 Å². The minimum Gasteiger partial charge on any atom is -0.347 e. The van der Waals surface area contributed by atoms with E-state index in [-0.39, 0.29) is 27.6 Å². The normalized spacial score (nSPS) is 14.7. The van der Waals surface area contributed by atoms with Gasteiger partial charge in [-0.2, -0.15) is 20.2 Å². The summed E-state index contributed by atoms with van der Waals surface area (Å²) >= 11 is 5.85. The molecule has 134 valence electrons. The number of nitriles is 1. The van der Waals surface area contributed by atoms with Crippen molar-refractivity contribution in [3.05, 3.63) is 35.1 Å². The Morgan fingerprint density at radius 1 is 1.19 bits per heavy atom. The van der Waals surface area contributed by atoms with Gasteiger partial charge in [0.25, 0.3) is 15.9 Å². The molecule has 2 aromatic rings. The fourth-order valence-corrected chi connectivity index (χ4v) is 3.95. The Kier molecular flexibility index (Phi) is 4.39. The number of sulfonamides is 1. The molecule has 0 spiro atoms.